The van der Waals surface area contributed by atoms with Crippen LogP contribution in [0.25, 0.3) is 0 Å². The van der Waals surface area contributed by atoms with Crippen LogP contribution >= 0.6 is 0 Å². The zero-order valence-corrected chi connectivity index (χ0v) is 7.93. The monoisotopic (exact) mass is 193 g/mol. The summed E-state index contributed by atoms with van der Waals surface area (Å²) in [6.07, 6.45) is 1.96. The smallest absolute Gasteiger partial charge is 0.446 e. The molecule has 0 bridgehead atoms. The first-order chi connectivity index (χ1) is 6.24. The quantitative estimate of drug-likeness (QED) is 0.298. The second-order valence-electron chi connectivity index (χ2n) is 2.08. The van der Waals surface area contributed by atoms with Crippen molar-refractivity contribution in [3.05, 3.63) is 0 Å². The van der Waals surface area contributed by atoms with Crippen LogP contribution in [0.5, 0.6) is 0 Å². The van der Waals surface area contributed by atoms with E-state index in [0.29, 0.717) is 6.42 Å². The number of rotatable bonds is 7. The van der Waals surface area contributed by atoms with Gasteiger partial charge >= 0.3 is 8.80 Å². The van der Waals surface area contributed by atoms with Crippen LogP contribution in [0.15, 0.2) is 0 Å². The van der Waals surface area contributed by atoms with Gasteiger partial charge in [-0.15, -0.1) is 0 Å². The van der Waals surface area contributed by atoms with Crippen molar-refractivity contribution in [2.45, 2.75) is 12.5 Å². The van der Waals surface area contributed by atoms with Crippen molar-refractivity contribution in [3.8, 4) is 6.26 Å². The SMILES string of the molecule is [B]O[Si](CCCOC#N)(O[B])O[B]. The number of nitriles is 1. The van der Waals surface area contributed by atoms with E-state index in [1.807, 2.05) is 0 Å². The van der Waals surface area contributed by atoms with Crippen molar-refractivity contribution in [1.82, 2.24) is 0 Å². The zero-order chi connectivity index (χ0) is 10.2. The Bertz CT molecular complexity index is 165. The highest BCUT2D eigenvalue weighted by atomic mass is 28.4. The molecule has 9 heteroatoms. The first-order valence-electron chi connectivity index (χ1n) is 3.39. The molecule has 0 aliphatic carbocycles. The zero-order valence-electron chi connectivity index (χ0n) is 6.93. The van der Waals surface area contributed by atoms with Gasteiger partial charge in [0, 0.05) is 6.04 Å². The molecule has 0 aromatic carbocycles. The van der Waals surface area contributed by atoms with Crippen LogP contribution in [0.2, 0.25) is 6.04 Å². The van der Waals surface area contributed by atoms with Gasteiger partial charge in [0.1, 0.15) is 6.61 Å². The topological polar surface area (TPSA) is 60.7 Å². The number of nitrogens with zero attached hydrogens (tertiary/aromatic N) is 1. The molecule has 0 aromatic rings. The Morgan fingerprint density at radius 3 is 2.08 bits per heavy atom. The Morgan fingerprint density at radius 1 is 1.15 bits per heavy atom. The maximum Gasteiger partial charge on any atom is 0.453 e. The molecule has 0 unspecified atom stereocenters. The highest BCUT2D eigenvalue weighted by Gasteiger charge is 2.34. The van der Waals surface area contributed by atoms with Gasteiger partial charge < -0.3 is 17.8 Å². The van der Waals surface area contributed by atoms with Crippen LogP contribution in [-0.2, 0) is 17.8 Å². The number of hydrogen-bond acceptors (Lipinski definition) is 5. The molecule has 13 heavy (non-hydrogen) atoms. The van der Waals surface area contributed by atoms with Crippen molar-refractivity contribution < 1.29 is 17.8 Å². The third-order valence-electron chi connectivity index (χ3n) is 1.33. The fraction of sp³-hybridized carbons (Fsp3) is 0.750. The van der Waals surface area contributed by atoms with E-state index >= 15 is 0 Å². The van der Waals surface area contributed by atoms with E-state index < -0.39 is 8.80 Å². The predicted molar refractivity (Wildman–Crippen MR) is 47.3 cm³/mol. The van der Waals surface area contributed by atoms with Gasteiger partial charge in [0.25, 0.3) is 30.4 Å². The summed E-state index contributed by atoms with van der Waals surface area (Å²) in [5.41, 5.74) is 0. The molecule has 0 fully saturated rings. The van der Waals surface area contributed by atoms with Gasteiger partial charge in [0.05, 0.1) is 0 Å². The lowest BCUT2D eigenvalue weighted by Crippen LogP contribution is -2.44. The molecule has 64 valence electrons. The van der Waals surface area contributed by atoms with E-state index in [9.17, 15) is 0 Å². The van der Waals surface area contributed by atoms with Crippen LogP contribution in [0.4, 0.5) is 0 Å². The average Bonchev–Trinajstić information content (AvgIpc) is 2.20. The largest absolute Gasteiger partial charge is 0.453 e. The Balaban J connectivity index is 3.76. The van der Waals surface area contributed by atoms with Gasteiger partial charge in [0.15, 0.2) is 0 Å². The van der Waals surface area contributed by atoms with E-state index in [1.54, 1.807) is 0 Å². The lowest BCUT2D eigenvalue weighted by atomic mass is 10.5. The summed E-state index contributed by atoms with van der Waals surface area (Å²) < 4.78 is 17.7. The van der Waals surface area contributed by atoms with Crippen LogP contribution in [0.3, 0.4) is 0 Å². The lowest BCUT2D eigenvalue weighted by Gasteiger charge is -2.26. The summed E-state index contributed by atoms with van der Waals surface area (Å²) in [7, 11) is 11.5. The molecule has 0 aromatic heterocycles. The molecule has 6 radical (unpaired) electrons. The highest BCUT2D eigenvalue weighted by Crippen LogP contribution is 2.13. The Labute approximate surface area is 82.0 Å². The van der Waals surface area contributed by atoms with Crippen molar-refractivity contribution in [2.75, 3.05) is 6.61 Å². The first-order valence-corrected chi connectivity index (χ1v) is 5.32. The van der Waals surface area contributed by atoms with Crippen LogP contribution in [-0.4, -0.2) is 39.6 Å². The molecular formula is C4H6B3NO4Si. The maximum atomic E-state index is 8.04. The van der Waals surface area contributed by atoms with E-state index in [4.69, 9.17) is 29.4 Å². The molecule has 0 rings (SSSR count). The molecule has 0 amide bonds. The van der Waals surface area contributed by atoms with Crippen LogP contribution in [0, 0.1) is 11.5 Å². The van der Waals surface area contributed by atoms with Crippen LogP contribution < -0.4 is 0 Å². The fourth-order valence-electron chi connectivity index (χ4n) is 0.667. The highest BCUT2D eigenvalue weighted by molar-refractivity contribution is 6.69. The molecule has 0 atom stereocenters. The van der Waals surface area contributed by atoms with Gasteiger partial charge in [-0.2, -0.15) is 5.26 Å². The summed E-state index contributed by atoms with van der Waals surface area (Å²) >= 11 is 0. The lowest BCUT2D eigenvalue weighted by molar-refractivity contribution is 0.250. The summed E-state index contributed by atoms with van der Waals surface area (Å²) in [5.74, 6) is 0. The number of ether oxygens (including phenoxy) is 1. The summed E-state index contributed by atoms with van der Waals surface area (Å²) in [4.78, 5) is 0. The second kappa shape index (κ2) is 7.03. The van der Waals surface area contributed by atoms with Gasteiger partial charge in [-0.05, 0) is 6.42 Å². The van der Waals surface area contributed by atoms with Gasteiger partial charge in [0.2, 0.25) is 0 Å². The second-order valence-corrected chi connectivity index (χ2v) is 4.65. The summed E-state index contributed by atoms with van der Waals surface area (Å²) in [6, 6.07) is 0.276. The minimum atomic E-state index is -3.12. The van der Waals surface area contributed by atoms with Crippen molar-refractivity contribution >= 4 is 33.0 Å². The summed E-state index contributed by atoms with van der Waals surface area (Å²) in [6.45, 7) is 0.210. The van der Waals surface area contributed by atoms with Gasteiger partial charge in [-0.3, -0.25) is 0 Å². The van der Waals surface area contributed by atoms with Gasteiger partial charge in [-0.25, -0.2) is 0 Å². The molecule has 0 saturated carbocycles. The molecular weight excluding hydrogens is 187 g/mol. The fourth-order valence-corrected chi connectivity index (χ4v) is 1.76. The van der Waals surface area contributed by atoms with Crippen molar-refractivity contribution in [3.63, 3.8) is 0 Å². The molecule has 0 aliphatic rings. The van der Waals surface area contributed by atoms with E-state index in [-0.39, 0.29) is 12.7 Å². The molecule has 0 spiro atoms. The molecule has 0 saturated heterocycles. The van der Waals surface area contributed by atoms with E-state index in [1.165, 1.54) is 6.26 Å². The van der Waals surface area contributed by atoms with Crippen LogP contribution in [0.1, 0.15) is 6.42 Å². The maximum absolute atomic E-state index is 8.04. The van der Waals surface area contributed by atoms with Crippen molar-refractivity contribution in [1.29, 1.82) is 5.26 Å². The van der Waals surface area contributed by atoms with E-state index in [2.05, 4.69) is 17.8 Å². The first kappa shape index (κ1) is 12.6. The van der Waals surface area contributed by atoms with Crippen molar-refractivity contribution in [2.24, 2.45) is 0 Å². The molecule has 0 aliphatic heterocycles. The minimum absolute atomic E-state index is 0.210. The average molecular weight is 193 g/mol. The Hall–Kier alpha value is -0.418. The third-order valence-corrected chi connectivity index (χ3v) is 3.38. The predicted octanol–water partition coefficient (Wildman–Crippen LogP) is -0.887. The van der Waals surface area contributed by atoms with E-state index in [0.717, 1.165) is 0 Å². The molecule has 0 heterocycles. The summed E-state index contributed by atoms with van der Waals surface area (Å²) in [5, 5.41) is 8.04. The molecule has 0 N–H and O–H groups in total. The standard InChI is InChI=1S/C4H6B3NO4Si/c5-10-13(11-6,12-7)3-1-2-9-4-8/h1-3H2. The van der Waals surface area contributed by atoms with Gasteiger partial charge in [-0.1, -0.05) is 0 Å². The molecule has 5 nitrogen and oxygen atoms in total. The normalized spacial score (nSPS) is 10.7. The Kier molecular flexibility index (Phi) is 6.80. The Morgan fingerprint density at radius 2 is 1.69 bits per heavy atom. The third kappa shape index (κ3) is 4.38. The number of hydrogen-bond donors (Lipinski definition) is 0. The minimum Gasteiger partial charge on any atom is -0.446 e.